The molecule has 0 spiro atoms. The number of halogens is 3. The van der Waals surface area contributed by atoms with E-state index >= 15 is 0 Å². The molecular formula is C32H40F3N5O2S. The molecule has 1 fully saturated rings. The van der Waals surface area contributed by atoms with Crippen LogP contribution in [0.2, 0.25) is 0 Å². The molecule has 2 aromatic carbocycles. The highest BCUT2D eigenvalue weighted by molar-refractivity contribution is 7.97. The van der Waals surface area contributed by atoms with Gasteiger partial charge >= 0.3 is 6.18 Å². The Morgan fingerprint density at radius 2 is 1.98 bits per heavy atom. The Kier molecular flexibility index (Phi) is 12.0. The summed E-state index contributed by atoms with van der Waals surface area (Å²) in [5.41, 5.74) is 2.38. The number of aromatic nitrogens is 1. The Morgan fingerprint density at radius 1 is 1.16 bits per heavy atom. The van der Waals surface area contributed by atoms with Crippen LogP contribution >= 0.6 is 11.9 Å². The monoisotopic (exact) mass is 615 g/mol. The molecule has 7 nitrogen and oxygen atoms in total. The molecule has 0 bridgehead atoms. The zero-order valence-electron chi connectivity index (χ0n) is 24.7. The van der Waals surface area contributed by atoms with Crippen molar-refractivity contribution in [3.8, 4) is 17.6 Å². The predicted molar refractivity (Wildman–Crippen MR) is 170 cm³/mol. The molecule has 11 heteroatoms. The Labute approximate surface area is 256 Å². The minimum Gasteiger partial charge on any atom is -0.495 e. The van der Waals surface area contributed by atoms with Crippen LogP contribution in [0.25, 0.3) is 10.9 Å². The van der Waals surface area contributed by atoms with Gasteiger partial charge in [-0.3, -0.25) is 0 Å². The lowest BCUT2D eigenvalue weighted by Gasteiger charge is -2.24. The summed E-state index contributed by atoms with van der Waals surface area (Å²) < 4.78 is 55.4. The van der Waals surface area contributed by atoms with Gasteiger partial charge in [-0.15, -0.1) is 0 Å². The quantitative estimate of drug-likeness (QED) is 0.106. The second kappa shape index (κ2) is 15.8. The van der Waals surface area contributed by atoms with Crippen molar-refractivity contribution in [2.45, 2.75) is 49.8 Å². The molecule has 1 aromatic heterocycles. The molecule has 43 heavy (non-hydrogen) atoms. The van der Waals surface area contributed by atoms with E-state index in [4.69, 9.17) is 9.47 Å². The first-order chi connectivity index (χ1) is 20.8. The third-order valence-electron chi connectivity index (χ3n) is 6.98. The SMILES string of the molecule is C=CNCCN(CCC)Sc1ccc(NCC#Cc2cc3c(NC4CCOCC4)cccc3n2CC(F)(F)F)c(OC)c1. The Morgan fingerprint density at radius 3 is 2.70 bits per heavy atom. The van der Waals surface area contributed by atoms with E-state index in [1.807, 2.05) is 24.3 Å². The van der Waals surface area contributed by atoms with Crippen LogP contribution in [0.5, 0.6) is 5.75 Å². The molecule has 0 unspecified atom stereocenters. The molecule has 3 N–H and O–H groups in total. The maximum absolute atomic E-state index is 13.6. The summed E-state index contributed by atoms with van der Waals surface area (Å²) in [5.74, 6) is 6.66. The first-order valence-electron chi connectivity index (χ1n) is 14.5. The first-order valence-corrected chi connectivity index (χ1v) is 15.3. The van der Waals surface area contributed by atoms with Crippen LogP contribution in [-0.4, -0.2) is 67.6 Å². The van der Waals surface area contributed by atoms with Crippen LogP contribution in [-0.2, 0) is 11.3 Å². The van der Waals surface area contributed by atoms with Gasteiger partial charge in [0.25, 0.3) is 0 Å². The Hall–Kier alpha value is -3.46. The number of nitrogens with zero attached hydrogens (tertiary/aromatic N) is 2. The van der Waals surface area contributed by atoms with Gasteiger partial charge < -0.3 is 30.0 Å². The molecule has 0 amide bonds. The number of hydrogen-bond donors (Lipinski definition) is 3. The van der Waals surface area contributed by atoms with Gasteiger partial charge in [-0.25, -0.2) is 4.31 Å². The van der Waals surface area contributed by atoms with E-state index in [9.17, 15) is 13.2 Å². The molecule has 2 heterocycles. The fraction of sp³-hybridized carbons (Fsp3) is 0.438. The van der Waals surface area contributed by atoms with Gasteiger partial charge in [0.15, 0.2) is 0 Å². The van der Waals surface area contributed by atoms with E-state index in [1.54, 1.807) is 43.5 Å². The lowest BCUT2D eigenvalue weighted by Crippen LogP contribution is -2.27. The summed E-state index contributed by atoms with van der Waals surface area (Å²) >= 11 is 1.66. The molecule has 1 saturated heterocycles. The van der Waals surface area contributed by atoms with Crippen molar-refractivity contribution < 1.29 is 22.6 Å². The summed E-state index contributed by atoms with van der Waals surface area (Å²) in [4.78, 5) is 1.04. The van der Waals surface area contributed by atoms with Crippen LogP contribution in [0.4, 0.5) is 24.5 Å². The second-order valence-electron chi connectivity index (χ2n) is 10.2. The number of rotatable bonds is 14. The standard InChI is InChI=1S/C32H40F3N5O2S/c1-4-17-39(18-16-36-5-2)43-26-11-12-29(31(22-26)41-3)37-15-7-8-25-21-27-28(38-24-13-19-42-20-14-24)9-6-10-30(27)40(25)23-32(33,34)35/h5-6,9-12,21-22,24,36-38H,2,4,13-20,23H2,1,3H3. The Bertz CT molecular complexity index is 1410. The van der Waals surface area contributed by atoms with Gasteiger partial charge in [-0.05, 0) is 79.7 Å². The summed E-state index contributed by atoms with van der Waals surface area (Å²) in [6.07, 6.45) is 0.0512. The minimum atomic E-state index is -4.38. The summed E-state index contributed by atoms with van der Waals surface area (Å²) in [6.45, 7) is 8.92. The second-order valence-corrected chi connectivity index (χ2v) is 11.4. The van der Waals surface area contributed by atoms with Gasteiger partial charge in [0.05, 0.1) is 30.6 Å². The fourth-order valence-electron chi connectivity index (χ4n) is 4.97. The third-order valence-corrected chi connectivity index (χ3v) is 8.07. The highest BCUT2D eigenvalue weighted by atomic mass is 32.2. The lowest BCUT2D eigenvalue weighted by molar-refractivity contribution is -0.140. The minimum absolute atomic E-state index is 0.216. The van der Waals surface area contributed by atoms with E-state index in [-0.39, 0.29) is 12.6 Å². The molecule has 0 saturated carbocycles. The van der Waals surface area contributed by atoms with Crippen LogP contribution in [0.15, 0.2) is 60.1 Å². The summed E-state index contributed by atoms with van der Waals surface area (Å²) in [5, 5.41) is 10.6. The Balaban J connectivity index is 1.49. The number of anilines is 2. The van der Waals surface area contributed by atoms with Crippen molar-refractivity contribution in [1.82, 2.24) is 14.2 Å². The van der Waals surface area contributed by atoms with Crippen LogP contribution in [0.1, 0.15) is 31.9 Å². The molecule has 0 radical (unpaired) electrons. The zero-order valence-corrected chi connectivity index (χ0v) is 25.5. The zero-order chi connectivity index (χ0) is 30.7. The summed E-state index contributed by atoms with van der Waals surface area (Å²) in [6, 6.07) is 13.3. The number of methoxy groups -OCH3 is 1. The smallest absolute Gasteiger partial charge is 0.406 e. The third kappa shape index (κ3) is 9.51. The number of nitrogens with one attached hydrogen (secondary N) is 3. The van der Waals surface area contributed by atoms with Crippen LogP contribution in [0.3, 0.4) is 0 Å². The molecule has 0 aliphatic carbocycles. The molecule has 0 atom stereocenters. The predicted octanol–water partition coefficient (Wildman–Crippen LogP) is 6.72. The molecule has 3 aromatic rings. The van der Waals surface area contributed by atoms with Crippen molar-refractivity contribution in [2.75, 3.05) is 57.1 Å². The number of ether oxygens (including phenoxy) is 2. The van der Waals surface area contributed by atoms with E-state index in [0.29, 0.717) is 30.2 Å². The maximum atomic E-state index is 13.6. The number of fused-ring (bicyclic) bond motifs is 1. The average Bonchev–Trinajstić information content (AvgIpc) is 3.33. The molecular weight excluding hydrogens is 575 g/mol. The van der Waals surface area contributed by atoms with Crippen molar-refractivity contribution in [3.63, 3.8) is 0 Å². The van der Waals surface area contributed by atoms with Crippen molar-refractivity contribution >= 4 is 34.2 Å². The first kappa shape index (κ1) is 32.5. The average molecular weight is 616 g/mol. The van der Waals surface area contributed by atoms with Crippen molar-refractivity contribution in [3.05, 3.63) is 60.9 Å². The van der Waals surface area contributed by atoms with E-state index in [1.165, 1.54) is 4.57 Å². The van der Waals surface area contributed by atoms with Gasteiger partial charge in [0, 0.05) is 54.9 Å². The normalized spacial score (nSPS) is 13.9. The largest absolute Gasteiger partial charge is 0.495 e. The molecule has 232 valence electrons. The van der Waals surface area contributed by atoms with E-state index in [0.717, 1.165) is 60.6 Å². The van der Waals surface area contributed by atoms with Gasteiger partial charge in [0.2, 0.25) is 0 Å². The van der Waals surface area contributed by atoms with Crippen LogP contribution < -0.4 is 20.7 Å². The van der Waals surface area contributed by atoms with Crippen molar-refractivity contribution in [1.29, 1.82) is 0 Å². The highest BCUT2D eigenvalue weighted by Crippen LogP contribution is 2.33. The van der Waals surface area contributed by atoms with Gasteiger partial charge in [-0.1, -0.05) is 25.5 Å². The van der Waals surface area contributed by atoms with E-state index < -0.39 is 12.7 Å². The lowest BCUT2D eigenvalue weighted by atomic mass is 10.1. The fourth-order valence-corrected chi connectivity index (χ4v) is 6.01. The number of alkyl halides is 3. The molecule has 4 rings (SSSR count). The van der Waals surface area contributed by atoms with Gasteiger partial charge in [-0.2, -0.15) is 13.2 Å². The van der Waals surface area contributed by atoms with Gasteiger partial charge in [0.1, 0.15) is 12.3 Å². The number of benzene rings is 2. The highest BCUT2D eigenvalue weighted by Gasteiger charge is 2.30. The van der Waals surface area contributed by atoms with Crippen molar-refractivity contribution in [2.24, 2.45) is 0 Å². The van der Waals surface area contributed by atoms with E-state index in [2.05, 4.69) is 45.6 Å². The topological polar surface area (TPSA) is 62.7 Å². The molecule has 1 aliphatic rings. The number of hydrogen-bond acceptors (Lipinski definition) is 7. The van der Waals surface area contributed by atoms with Crippen LogP contribution in [0, 0.1) is 11.8 Å². The summed E-state index contributed by atoms with van der Waals surface area (Å²) in [7, 11) is 1.61. The molecule has 1 aliphatic heterocycles. The maximum Gasteiger partial charge on any atom is 0.406 e.